The molecule has 23 heavy (non-hydrogen) atoms. The van der Waals surface area contributed by atoms with Gasteiger partial charge >= 0.3 is 0 Å². The highest BCUT2D eigenvalue weighted by atomic mass is 32.2. The minimum Gasteiger partial charge on any atom is -0.467 e. The van der Waals surface area contributed by atoms with Gasteiger partial charge in [-0.1, -0.05) is 11.8 Å². The van der Waals surface area contributed by atoms with Gasteiger partial charge in [0.15, 0.2) is 5.16 Å². The Kier molecular flexibility index (Phi) is 3.88. The van der Waals surface area contributed by atoms with Crippen LogP contribution in [0.25, 0.3) is 0 Å². The Morgan fingerprint density at radius 3 is 2.91 bits per heavy atom. The van der Waals surface area contributed by atoms with Crippen molar-refractivity contribution < 1.29 is 9.21 Å². The summed E-state index contributed by atoms with van der Waals surface area (Å²) in [7, 11) is 0. The Morgan fingerprint density at radius 2 is 2.26 bits per heavy atom. The number of rotatable bonds is 7. The fraction of sp³-hybridized carbons (Fsp3) is 0.562. The molecule has 0 spiro atoms. The lowest BCUT2D eigenvalue weighted by Gasteiger charge is -2.12. The van der Waals surface area contributed by atoms with Gasteiger partial charge < -0.3 is 14.3 Å². The summed E-state index contributed by atoms with van der Waals surface area (Å²) in [5, 5.41) is 12.3. The lowest BCUT2D eigenvalue weighted by Crippen LogP contribution is -2.30. The second kappa shape index (κ2) is 6.03. The van der Waals surface area contributed by atoms with Crippen LogP contribution in [0.4, 0.5) is 0 Å². The number of nitrogens with one attached hydrogen (secondary N) is 1. The Labute approximate surface area is 139 Å². The van der Waals surface area contributed by atoms with Crippen LogP contribution in [0.2, 0.25) is 0 Å². The van der Waals surface area contributed by atoms with Gasteiger partial charge in [-0.3, -0.25) is 4.79 Å². The molecule has 0 unspecified atom stereocenters. The number of hydrogen-bond acceptors (Lipinski definition) is 5. The summed E-state index contributed by atoms with van der Waals surface area (Å²) in [6, 6.07) is 4.21. The monoisotopic (exact) mass is 332 g/mol. The molecule has 0 aliphatic heterocycles. The molecule has 6 nitrogen and oxygen atoms in total. The molecule has 2 heterocycles. The zero-order chi connectivity index (χ0) is 15.8. The van der Waals surface area contributed by atoms with Gasteiger partial charge in [-0.2, -0.15) is 0 Å². The van der Waals surface area contributed by atoms with E-state index in [1.54, 1.807) is 6.26 Å². The summed E-state index contributed by atoms with van der Waals surface area (Å²) in [6.07, 6.45) is 6.44. The third-order valence-electron chi connectivity index (χ3n) is 4.21. The SMILES string of the molecule is C[C@@H](Sc1nnc(C2CC2)n1C1CC1)C(=O)NCc1ccco1. The van der Waals surface area contributed by atoms with Crippen LogP contribution >= 0.6 is 11.8 Å². The summed E-state index contributed by atoms with van der Waals surface area (Å²) in [5.74, 6) is 2.45. The van der Waals surface area contributed by atoms with Gasteiger partial charge in [-0.25, -0.2) is 0 Å². The summed E-state index contributed by atoms with van der Waals surface area (Å²) >= 11 is 1.50. The normalized spacial score (nSPS) is 18.8. The second-order valence-corrected chi connectivity index (χ2v) is 7.58. The van der Waals surface area contributed by atoms with Crippen LogP contribution in [0.15, 0.2) is 28.0 Å². The van der Waals surface area contributed by atoms with Crippen LogP contribution in [0.5, 0.6) is 0 Å². The fourth-order valence-corrected chi connectivity index (χ4v) is 3.56. The molecule has 2 saturated carbocycles. The average molecular weight is 332 g/mol. The van der Waals surface area contributed by atoms with E-state index in [-0.39, 0.29) is 11.2 Å². The third-order valence-corrected chi connectivity index (χ3v) is 5.27. The zero-order valence-corrected chi connectivity index (χ0v) is 13.9. The van der Waals surface area contributed by atoms with Crippen molar-refractivity contribution in [2.45, 2.75) is 61.5 Å². The molecule has 122 valence electrons. The van der Waals surface area contributed by atoms with Crippen molar-refractivity contribution in [3.63, 3.8) is 0 Å². The van der Waals surface area contributed by atoms with E-state index in [0.717, 1.165) is 16.7 Å². The number of amides is 1. The molecule has 1 atom stereocenters. The van der Waals surface area contributed by atoms with Gasteiger partial charge in [-0.05, 0) is 44.7 Å². The van der Waals surface area contributed by atoms with Gasteiger partial charge in [0.05, 0.1) is 18.1 Å². The molecule has 0 radical (unpaired) electrons. The molecular formula is C16H20N4O2S. The molecule has 0 saturated heterocycles. The summed E-state index contributed by atoms with van der Waals surface area (Å²) in [6.45, 7) is 2.32. The lowest BCUT2D eigenvalue weighted by atomic mass is 10.4. The van der Waals surface area contributed by atoms with Crippen molar-refractivity contribution in [3.8, 4) is 0 Å². The standard InChI is InChI=1S/C16H20N4O2S/c1-10(15(21)17-9-13-3-2-8-22-13)23-16-19-18-14(11-4-5-11)20(16)12-6-7-12/h2-3,8,10-12H,4-7,9H2,1H3,(H,17,21)/t10-/m1/s1. The quantitative estimate of drug-likeness (QED) is 0.789. The maximum Gasteiger partial charge on any atom is 0.233 e. The van der Waals surface area contributed by atoms with Crippen molar-refractivity contribution in [1.82, 2.24) is 20.1 Å². The highest BCUT2D eigenvalue weighted by Gasteiger charge is 2.37. The van der Waals surface area contributed by atoms with Crippen molar-refractivity contribution in [2.75, 3.05) is 0 Å². The average Bonchev–Trinajstić information content (AvgIpc) is 3.48. The maximum absolute atomic E-state index is 12.3. The number of nitrogens with zero attached hydrogens (tertiary/aromatic N) is 3. The molecule has 2 fully saturated rings. The molecule has 7 heteroatoms. The van der Waals surface area contributed by atoms with E-state index >= 15 is 0 Å². The predicted octanol–water partition coefficient (Wildman–Crippen LogP) is 2.88. The Bertz CT molecular complexity index is 689. The smallest absolute Gasteiger partial charge is 0.233 e. The van der Waals surface area contributed by atoms with Gasteiger partial charge in [0.2, 0.25) is 5.91 Å². The second-order valence-electron chi connectivity index (χ2n) is 6.27. The molecule has 1 N–H and O–H groups in total. The molecule has 4 rings (SSSR count). The number of aromatic nitrogens is 3. The van der Waals surface area contributed by atoms with Crippen molar-refractivity contribution >= 4 is 17.7 Å². The molecular weight excluding hydrogens is 312 g/mol. The first-order chi connectivity index (χ1) is 11.2. The summed E-state index contributed by atoms with van der Waals surface area (Å²) in [4.78, 5) is 12.3. The minimum atomic E-state index is -0.210. The molecule has 1 amide bonds. The molecule has 2 aromatic heterocycles. The van der Waals surface area contributed by atoms with Crippen molar-refractivity contribution in [1.29, 1.82) is 0 Å². The molecule has 2 aliphatic rings. The zero-order valence-electron chi connectivity index (χ0n) is 13.1. The number of thioether (sulfide) groups is 1. The molecule has 0 aromatic carbocycles. The fourth-order valence-electron chi connectivity index (χ4n) is 2.61. The maximum atomic E-state index is 12.3. The van der Waals surface area contributed by atoms with E-state index in [0.29, 0.717) is 18.5 Å². The van der Waals surface area contributed by atoms with E-state index in [1.165, 1.54) is 37.4 Å². The van der Waals surface area contributed by atoms with Gasteiger partial charge in [0.1, 0.15) is 11.6 Å². The minimum absolute atomic E-state index is 0.00952. The van der Waals surface area contributed by atoms with Crippen molar-refractivity contribution in [3.05, 3.63) is 30.0 Å². The lowest BCUT2D eigenvalue weighted by molar-refractivity contribution is -0.120. The third kappa shape index (κ3) is 3.29. The number of carbonyl (C=O) groups is 1. The molecule has 2 aliphatic carbocycles. The first-order valence-electron chi connectivity index (χ1n) is 8.14. The van der Waals surface area contributed by atoms with Gasteiger partial charge in [0, 0.05) is 12.0 Å². The Hall–Kier alpha value is -1.76. The predicted molar refractivity (Wildman–Crippen MR) is 86.1 cm³/mol. The van der Waals surface area contributed by atoms with Crippen LogP contribution in [-0.2, 0) is 11.3 Å². The van der Waals surface area contributed by atoms with Crippen molar-refractivity contribution in [2.24, 2.45) is 0 Å². The van der Waals surface area contributed by atoms with E-state index in [2.05, 4.69) is 20.1 Å². The topological polar surface area (TPSA) is 73.0 Å². The first kappa shape index (κ1) is 14.8. The largest absolute Gasteiger partial charge is 0.467 e. The first-order valence-corrected chi connectivity index (χ1v) is 9.02. The van der Waals surface area contributed by atoms with E-state index in [9.17, 15) is 4.79 Å². The molecule has 0 bridgehead atoms. The van der Waals surface area contributed by atoms with Gasteiger partial charge in [-0.15, -0.1) is 10.2 Å². The summed E-state index contributed by atoms with van der Waals surface area (Å²) < 4.78 is 7.51. The van der Waals surface area contributed by atoms with Gasteiger partial charge in [0.25, 0.3) is 0 Å². The van der Waals surface area contributed by atoms with E-state index in [4.69, 9.17) is 4.42 Å². The van der Waals surface area contributed by atoms with Crippen LogP contribution in [0, 0.1) is 0 Å². The Balaban J connectivity index is 1.40. The summed E-state index contributed by atoms with van der Waals surface area (Å²) in [5.41, 5.74) is 0. The van der Waals surface area contributed by atoms with Crippen LogP contribution in [0.1, 0.15) is 56.2 Å². The number of carbonyl (C=O) groups excluding carboxylic acids is 1. The van der Waals surface area contributed by atoms with E-state index in [1.807, 2.05) is 19.1 Å². The molecule has 2 aromatic rings. The van der Waals surface area contributed by atoms with E-state index < -0.39 is 0 Å². The van der Waals surface area contributed by atoms with Crippen LogP contribution in [-0.4, -0.2) is 25.9 Å². The number of hydrogen-bond donors (Lipinski definition) is 1. The highest BCUT2D eigenvalue weighted by Crippen LogP contribution is 2.46. The number of furan rings is 1. The van der Waals surface area contributed by atoms with Crippen LogP contribution in [0.3, 0.4) is 0 Å². The Morgan fingerprint density at radius 1 is 1.43 bits per heavy atom. The highest BCUT2D eigenvalue weighted by molar-refractivity contribution is 8.00. The van der Waals surface area contributed by atoms with Crippen LogP contribution < -0.4 is 5.32 Å².